The van der Waals surface area contributed by atoms with Gasteiger partial charge in [-0.25, -0.2) is 13.1 Å². The van der Waals surface area contributed by atoms with Gasteiger partial charge in [-0.2, -0.15) is 5.10 Å². The topological polar surface area (TPSA) is 81.1 Å². The quantitative estimate of drug-likeness (QED) is 0.676. The Morgan fingerprint density at radius 1 is 1.14 bits per heavy atom. The molecule has 0 bridgehead atoms. The van der Waals surface area contributed by atoms with Crippen LogP contribution in [0.1, 0.15) is 28.4 Å². The molecule has 1 amide bonds. The number of carbonyl (C=O) groups excluding carboxylic acids is 1. The maximum Gasteiger partial charge on any atom is 0.256 e. The van der Waals surface area contributed by atoms with Crippen molar-refractivity contribution in [1.82, 2.24) is 9.78 Å². The Hall–Kier alpha value is -2.64. The second-order valence-electron chi connectivity index (χ2n) is 7.24. The summed E-state index contributed by atoms with van der Waals surface area (Å²) in [6, 6.07) is 15.9. The average molecular weight is 430 g/mol. The normalized spacial score (nSPS) is 17.9. The lowest BCUT2D eigenvalue weighted by atomic mass is 10.1. The van der Waals surface area contributed by atoms with Crippen molar-refractivity contribution in [2.75, 3.05) is 16.8 Å². The van der Waals surface area contributed by atoms with Crippen LogP contribution in [0, 0.1) is 6.92 Å². The van der Waals surface area contributed by atoms with Gasteiger partial charge in [-0.1, -0.05) is 41.4 Å². The molecule has 2 heterocycles. The highest BCUT2D eigenvalue weighted by atomic mass is 35.5. The maximum atomic E-state index is 12.7. The number of hydrogen-bond acceptors (Lipinski definition) is 4. The lowest BCUT2D eigenvalue weighted by Gasteiger charge is -2.14. The van der Waals surface area contributed by atoms with Crippen LogP contribution < -0.4 is 5.32 Å². The Morgan fingerprint density at radius 3 is 2.45 bits per heavy atom. The second-order valence-corrected chi connectivity index (χ2v) is 9.91. The van der Waals surface area contributed by atoms with Crippen molar-refractivity contribution in [2.24, 2.45) is 0 Å². The van der Waals surface area contributed by atoms with E-state index in [0.717, 1.165) is 11.1 Å². The van der Waals surface area contributed by atoms with Gasteiger partial charge in [0.25, 0.3) is 5.91 Å². The number of nitrogens with one attached hydrogen (secondary N) is 1. The molecule has 0 unspecified atom stereocenters. The van der Waals surface area contributed by atoms with E-state index in [9.17, 15) is 13.2 Å². The SMILES string of the molecule is Cc1ccc(C(=O)Nc2cc(-c3ccc(Cl)cc3)nn2[C@@H]2CCS(=O)(=O)C2)cc1. The number of sulfone groups is 1. The summed E-state index contributed by atoms with van der Waals surface area (Å²) in [5.74, 6) is 0.346. The molecule has 0 aliphatic carbocycles. The zero-order valence-electron chi connectivity index (χ0n) is 15.8. The Balaban J connectivity index is 1.69. The molecule has 1 aliphatic rings. The van der Waals surface area contributed by atoms with E-state index in [2.05, 4.69) is 10.4 Å². The lowest BCUT2D eigenvalue weighted by molar-refractivity contribution is 0.102. The first-order valence-electron chi connectivity index (χ1n) is 9.25. The standard InChI is InChI=1S/C21H20ClN3O3S/c1-14-2-4-16(5-3-14)21(26)23-20-12-19(15-6-8-17(22)9-7-15)24-25(20)18-10-11-29(27,28)13-18/h2-9,12,18H,10-11,13H2,1H3,(H,23,26)/t18-/m1/s1. The highest BCUT2D eigenvalue weighted by molar-refractivity contribution is 7.91. The summed E-state index contributed by atoms with van der Waals surface area (Å²) >= 11 is 5.97. The van der Waals surface area contributed by atoms with Crippen LogP contribution in [0.5, 0.6) is 0 Å². The second kappa shape index (κ2) is 7.65. The molecule has 29 heavy (non-hydrogen) atoms. The average Bonchev–Trinajstić information content (AvgIpc) is 3.25. The highest BCUT2D eigenvalue weighted by Crippen LogP contribution is 2.31. The van der Waals surface area contributed by atoms with Crippen molar-refractivity contribution in [2.45, 2.75) is 19.4 Å². The summed E-state index contributed by atoms with van der Waals surface area (Å²) in [5, 5.41) is 8.12. The highest BCUT2D eigenvalue weighted by Gasteiger charge is 2.31. The van der Waals surface area contributed by atoms with Gasteiger partial charge < -0.3 is 5.32 Å². The molecule has 1 atom stereocenters. The molecule has 1 aliphatic heterocycles. The van der Waals surface area contributed by atoms with Crippen LogP contribution in [0.3, 0.4) is 0 Å². The van der Waals surface area contributed by atoms with Crippen molar-refractivity contribution in [1.29, 1.82) is 0 Å². The number of amides is 1. The predicted molar refractivity (Wildman–Crippen MR) is 114 cm³/mol. The molecule has 4 rings (SSSR count). The Morgan fingerprint density at radius 2 is 1.83 bits per heavy atom. The third-order valence-corrected chi connectivity index (χ3v) is 6.99. The first-order chi connectivity index (χ1) is 13.8. The van der Waals surface area contributed by atoms with Gasteiger partial charge in [-0.3, -0.25) is 4.79 Å². The number of hydrogen-bond donors (Lipinski definition) is 1. The molecule has 6 nitrogen and oxygen atoms in total. The van der Waals surface area contributed by atoms with E-state index < -0.39 is 9.84 Å². The number of benzene rings is 2. The Kier molecular flexibility index (Phi) is 5.19. The van der Waals surface area contributed by atoms with Gasteiger partial charge in [0.2, 0.25) is 0 Å². The minimum atomic E-state index is -3.10. The molecule has 1 saturated heterocycles. The van der Waals surface area contributed by atoms with Crippen molar-refractivity contribution in [3.05, 3.63) is 70.7 Å². The van der Waals surface area contributed by atoms with E-state index in [0.29, 0.717) is 28.5 Å². The molecule has 2 aromatic carbocycles. The summed E-state index contributed by atoms with van der Waals surface area (Å²) in [4.78, 5) is 12.7. The Bertz CT molecular complexity index is 1150. The third kappa shape index (κ3) is 4.36. The van der Waals surface area contributed by atoms with Crippen LogP contribution in [0.15, 0.2) is 54.6 Å². The molecule has 0 spiro atoms. The molecule has 8 heteroatoms. The third-order valence-electron chi connectivity index (χ3n) is 4.99. The van der Waals surface area contributed by atoms with Crippen LogP contribution in [0.4, 0.5) is 5.82 Å². The van der Waals surface area contributed by atoms with Gasteiger partial charge in [0.15, 0.2) is 9.84 Å². The first-order valence-corrected chi connectivity index (χ1v) is 11.4. The summed E-state index contributed by atoms with van der Waals surface area (Å²) in [6.07, 6.45) is 0.470. The first kappa shape index (κ1) is 19.7. The molecule has 150 valence electrons. The maximum absolute atomic E-state index is 12.7. The number of rotatable bonds is 4. The number of anilines is 1. The fourth-order valence-corrected chi connectivity index (χ4v) is 5.21. The Labute approximate surface area is 174 Å². The summed E-state index contributed by atoms with van der Waals surface area (Å²) < 4.78 is 25.6. The van der Waals surface area contributed by atoms with E-state index in [1.165, 1.54) is 0 Å². The van der Waals surface area contributed by atoms with Gasteiger partial charge in [0.05, 0.1) is 23.2 Å². The van der Waals surface area contributed by atoms with Gasteiger partial charge in [-0.15, -0.1) is 0 Å². The predicted octanol–water partition coefficient (Wildman–Crippen LogP) is 4.12. The van der Waals surface area contributed by atoms with Gasteiger partial charge >= 0.3 is 0 Å². The van der Waals surface area contributed by atoms with Crippen LogP contribution >= 0.6 is 11.6 Å². The molecule has 1 fully saturated rings. The molecule has 1 N–H and O–H groups in total. The minimum Gasteiger partial charge on any atom is -0.307 e. The number of aryl methyl sites for hydroxylation is 1. The van der Waals surface area contributed by atoms with E-state index >= 15 is 0 Å². The lowest BCUT2D eigenvalue weighted by Crippen LogP contribution is -2.19. The van der Waals surface area contributed by atoms with Gasteiger partial charge in [0, 0.05) is 22.2 Å². The number of carbonyl (C=O) groups is 1. The number of aromatic nitrogens is 2. The molecular formula is C21H20ClN3O3S. The van der Waals surface area contributed by atoms with E-state index in [4.69, 9.17) is 11.6 Å². The molecular weight excluding hydrogens is 410 g/mol. The fraction of sp³-hybridized carbons (Fsp3) is 0.238. The molecule has 3 aromatic rings. The molecule has 0 radical (unpaired) electrons. The van der Waals surface area contributed by atoms with Crippen LogP contribution in [0.2, 0.25) is 5.02 Å². The van der Waals surface area contributed by atoms with E-state index in [1.807, 2.05) is 31.2 Å². The van der Waals surface area contributed by atoms with Crippen molar-refractivity contribution in [3.8, 4) is 11.3 Å². The van der Waals surface area contributed by atoms with E-state index in [1.54, 1.807) is 35.0 Å². The number of halogens is 1. The zero-order valence-corrected chi connectivity index (χ0v) is 17.4. The van der Waals surface area contributed by atoms with Crippen LogP contribution in [0.25, 0.3) is 11.3 Å². The molecule has 0 saturated carbocycles. The van der Waals surface area contributed by atoms with Crippen LogP contribution in [-0.4, -0.2) is 35.6 Å². The summed E-state index contributed by atoms with van der Waals surface area (Å²) in [5.41, 5.74) is 3.06. The number of nitrogens with zero attached hydrogens (tertiary/aromatic N) is 2. The van der Waals surface area contributed by atoms with Crippen molar-refractivity contribution in [3.63, 3.8) is 0 Å². The smallest absolute Gasteiger partial charge is 0.256 e. The monoisotopic (exact) mass is 429 g/mol. The van der Waals surface area contributed by atoms with Gasteiger partial charge in [-0.05, 0) is 37.6 Å². The minimum absolute atomic E-state index is 0.0160. The summed E-state index contributed by atoms with van der Waals surface area (Å²) in [7, 11) is -3.10. The van der Waals surface area contributed by atoms with Crippen molar-refractivity contribution < 1.29 is 13.2 Å². The summed E-state index contributed by atoms with van der Waals surface area (Å²) in [6.45, 7) is 1.95. The largest absolute Gasteiger partial charge is 0.307 e. The fourth-order valence-electron chi connectivity index (χ4n) is 3.39. The van der Waals surface area contributed by atoms with E-state index in [-0.39, 0.29) is 23.5 Å². The van der Waals surface area contributed by atoms with Crippen LogP contribution in [-0.2, 0) is 9.84 Å². The molecule has 1 aromatic heterocycles. The van der Waals surface area contributed by atoms with Gasteiger partial charge in [0.1, 0.15) is 5.82 Å². The zero-order chi connectivity index (χ0) is 20.6. The van der Waals surface area contributed by atoms with Crippen molar-refractivity contribution >= 4 is 33.2 Å².